The normalized spacial score (nSPS) is 35.2. The predicted molar refractivity (Wildman–Crippen MR) is 187 cm³/mol. The number of carbonyl (C=O) groups excluding carboxylic acids is 4. The van der Waals surface area contributed by atoms with Crippen molar-refractivity contribution in [2.45, 2.75) is 105 Å². The summed E-state index contributed by atoms with van der Waals surface area (Å²) in [5.74, 6) is -0.00783. The number of fused-ring (bicyclic) bond motifs is 11. The van der Waals surface area contributed by atoms with Crippen molar-refractivity contribution >= 4 is 35.0 Å². The van der Waals surface area contributed by atoms with Crippen LogP contribution in [0.5, 0.6) is 0 Å². The highest BCUT2D eigenvalue weighted by atomic mass is 16.2. The lowest BCUT2D eigenvalue weighted by molar-refractivity contribution is -0.149. The van der Waals surface area contributed by atoms with E-state index in [2.05, 4.69) is 33.4 Å². The van der Waals surface area contributed by atoms with Gasteiger partial charge in [0.25, 0.3) is 0 Å². The molecule has 3 aromatic rings. The van der Waals surface area contributed by atoms with Gasteiger partial charge in [-0.2, -0.15) is 0 Å². The van der Waals surface area contributed by atoms with Crippen molar-refractivity contribution in [2.75, 3.05) is 10.6 Å². The van der Waals surface area contributed by atoms with Crippen LogP contribution in [0.4, 0.5) is 11.4 Å². The highest BCUT2D eigenvalue weighted by molar-refractivity contribution is 6.01. The Bertz CT molecular complexity index is 1930. The molecule has 0 aromatic heterocycles. The highest BCUT2D eigenvalue weighted by Crippen LogP contribution is 2.68. The Morgan fingerprint density at radius 3 is 1.66 bits per heavy atom. The van der Waals surface area contributed by atoms with E-state index in [-0.39, 0.29) is 23.6 Å². The molecule has 1 aliphatic carbocycles. The molecule has 6 heterocycles. The van der Waals surface area contributed by atoms with Crippen molar-refractivity contribution in [2.24, 2.45) is 5.92 Å². The van der Waals surface area contributed by atoms with Crippen LogP contribution in [0.25, 0.3) is 0 Å². The second-order valence-electron chi connectivity index (χ2n) is 15.6. The third-order valence-electron chi connectivity index (χ3n) is 13.3. The maximum Gasteiger partial charge on any atom is 0.247 e. The zero-order valence-corrected chi connectivity index (χ0v) is 27.9. The number of nitrogens with zero attached hydrogens (tertiary/aromatic N) is 2. The second kappa shape index (κ2) is 10.8. The molecule has 4 N–H and O–H groups in total. The fourth-order valence-corrected chi connectivity index (χ4v) is 11.3. The largest absolute Gasteiger partial charge is 0.364 e. The molecule has 3 aromatic carbocycles. The molecule has 10 nitrogen and oxygen atoms in total. The van der Waals surface area contributed by atoms with Gasteiger partial charge in [-0.3, -0.25) is 19.2 Å². The van der Waals surface area contributed by atoms with Gasteiger partial charge in [-0.25, -0.2) is 0 Å². The Balaban J connectivity index is 1.11. The summed E-state index contributed by atoms with van der Waals surface area (Å²) in [5.41, 5.74) is 3.23. The van der Waals surface area contributed by atoms with Crippen LogP contribution in [-0.4, -0.2) is 69.9 Å². The quantitative estimate of drug-likeness (QED) is 0.328. The smallest absolute Gasteiger partial charge is 0.247 e. The second-order valence-corrected chi connectivity index (χ2v) is 15.6. The van der Waals surface area contributed by atoms with Crippen molar-refractivity contribution in [3.63, 3.8) is 0 Å². The van der Waals surface area contributed by atoms with Crippen molar-refractivity contribution < 1.29 is 19.2 Å². The molecule has 4 amide bonds. The van der Waals surface area contributed by atoms with Crippen molar-refractivity contribution in [1.82, 2.24) is 20.4 Å². The Labute approximate surface area is 291 Å². The monoisotopic (exact) mass is 670 g/mol. The lowest BCUT2D eigenvalue weighted by atomic mass is 9.54. The molecular weight excluding hydrogens is 628 g/mol. The van der Waals surface area contributed by atoms with Gasteiger partial charge >= 0.3 is 0 Å². The molecule has 10 heteroatoms. The van der Waals surface area contributed by atoms with E-state index in [1.807, 2.05) is 76.5 Å². The van der Waals surface area contributed by atoms with E-state index in [1.54, 1.807) is 0 Å². The number of rotatable bonds is 5. The first-order valence-electron chi connectivity index (χ1n) is 18.4. The fourth-order valence-electron chi connectivity index (χ4n) is 11.3. The third kappa shape index (κ3) is 3.90. The number of nitrogens with one attached hydrogen (secondary N) is 4. The van der Waals surface area contributed by atoms with Gasteiger partial charge < -0.3 is 31.1 Å². The van der Waals surface area contributed by atoms with E-state index in [9.17, 15) is 19.2 Å². The molecular formula is C40H42N6O4. The Morgan fingerprint density at radius 2 is 1.08 bits per heavy atom. The first-order valence-corrected chi connectivity index (χ1v) is 18.4. The Kier molecular flexibility index (Phi) is 6.49. The standard InChI is InChI=1S/C40H42N6O4/c47-33-31-21-39(25-15-7-9-17-27(25)43-37(39)45(31)35(49)29(41-33)19-23-11-3-1-4-12-23)40-22-32-34(48)42-30(20-24-13-5-2-6-14-24)36(50)46(32)38(40)44-28-18-10-8-16-26(28)40/h1,3-4,7-12,15-18,24,29-32,37-38,43-44H,2,5-6,13-14,19-22H2,(H,41,47)(H,42,48)/t29-,30-,31-,32-,37+,38+,39-,40-/m0/s1. The molecule has 0 radical (unpaired) electrons. The van der Waals surface area contributed by atoms with Crippen molar-refractivity contribution in [3.8, 4) is 0 Å². The molecule has 0 bridgehead atoms. The molecule has 50 heavy (non-hydrogen) atoms. The van der Waals surface area contributed by atoms with Crippen LogP contribution in [0.1, 0.15) is 68.1 Å². The topological polar surface area (TPSA) is 123 Å². The Hall–Kier alpha value is -4.86. The van der Waals surface area contributed by atoms with Gasteiger partial charge in [-0.15, -0.1) is 0 Å². The molecule has 0 unspecified atom stereocenters. The minimum absolute atomic E-state index is 0.0352. The number of amides is 4. The van der Waals surface area contributed by atoms with E-state index in [4.69, 9.17) is 0 Å². The summed E-state index contributed by atoms with van der Waals surface area (Å²) < 4.78 is 0. The van der Waals surface area contributed by atoms with Crippen LogP contribution >= 0.6 is 0 Å². The molecule has 256 valence electrons. The van der Waals surface area contributed by atoms with Gasteiger partial charge in [0.05, 0.1) is 10.8 Å². The van der Waals surface area contributed by atoms with E-state index < -0.39 is 47.3 Å². The average molecular weight is 671 g/mol. The van der Waals surface area contributed by atoms with Crippen LogP contribution in [-0.2, 0) is 36.4 Å². The molecule has 5 fully saturated rings. The molecule has 4 saturated heterocycles. The highest BCUT2D eigenvalue weighted by Gasteiger charge is 2.78. The van der Waals surface area contributed by atoms with E-state index in [0.29, 0.717) is 31.6 Å². The number of piperazine rings is 2. The number of benzene rings is 3. The summed E-state index contributed by atoms with van der Waals surface area (Å²) in [4.78, 5) is 61.4. The average Bonchev–Trinajstić information content (AvgIpc) is 3.85. The molecule has 7 aliphatic rings. The molecule has 10 rings (SSSR count). The summed E-state index contributed by atoms with van der Waals surface area (Å²) in [6.07, 6.45) is 6.45. The molecule has 6 aliphatic heterocycles. The van der Waals surface area contributed by atoms with Crippen LogP contribution in [0.15, 0.2) is 78.9 Å². The van der Waals surface area contributed by atoms with Crippen LogP contribution in [0.3, 0.4) is 0 Å². The van der Waals surface area contributed by atoms with Crippen LogP contribution < -0.4 is 21.3 Å². The number of hydrogen-bond donors (Lipinski definition) is 4. The van der Waals surface area contributed by atoms with Gasteiger partial charge in [0.1, 0.15) is 36.5 Å². The lowest BCUT2D eigenvalue weighted by Crippen LogP contribution is -2.66. The summed E-state index contributed by atoms with van der Waals surface area (Å²) in [7, 11) is 0. The molecule has 0 spiro atoms. The van der Waals surface area contributed by atoms with E-state index in [1.165, 1.54) is 19.3 Å². The zero-order valence-electron chi connectivity index (χ0n) is 27.9. The maximum absolute atomic E-state index is 14.7. The first-order chi connectivity index (χ1) is 24.4. The molecule has 1 saturated carbocycles. The third-order valence-corrected chi connectivity index (χ3v) is 13.3. The number of para-hydroxylation sites is 2. The van der Waals surface area contributed by atoms with Crippen molar-refractivity contribution in [1.29, 1.82) is 0 Å². The number of hydrogen-bond acceptors (Lipinski definition) is 6. The maximum atomic E-state index is 14.7. The number of anilines is 2. The van der Waals surface area contributed by atoms with Gasteiger partial charge in [-0.05, 0) is 54.0 Å². The summed E-state index contributed by atoms with van der Waals surface area (Å²) in [6.45, 7) is 0. The van der Waals surface area contributed by atoms with Crippen LogP contribution in [0, 0.1) is 5.92 Å². The predicted octanol–water partition coefficient (Wildman–Crippen LogP) is 3.78. The van der Waals surface area contributed by atoms with E-state index >= 15 is 0 Å². The van der Waals surface area contributed by atoms with Gasteiger partial charge in [0, 0.05) is 17.8 Å². The minimum atomic E-state index is -0.829. The van der Waals surface area contributed by atoms with Crippen molar-refractivity contribution in [3.05, 3.63) is 95.6 Å². The van der Waals surface area contributed by atoms with Gasteiger partial charge in [0.15, 0.2) is 0 Å². The summed E-state index contributed by atoms with van der Waals surface area (Å²) in [6, 6.07) is 23.5. The van der Waals surface area contributed by atoms with Gasteiger partial charge in [-0.1, -0.05) is 98.8 Å². The molecule has 8 atom stereocenters. The first kappa shape index (κ1) is 30.0. The summed E-state index contributed by atoms with van der Waals surface area (Å²) in [5, 5.41) is 13.8. The zero-order chi connectivity index (χ0) is 33.8. The fraction of sp³-hybridized carbons (Fsp3) is 0.450. The number of carbonyl (C=O) groups is 4. The SMILES string of the molecule is O=C1N[C@@H](Cc2ccccc2)C(=O)N2[C@H]3Nc4ccccc4[C@@]3([C@]34C[C@H]5C(=O)N[C@@H](CC6CCCCC6)C(=O)N5[C@H]3Nc3ccccc34)C[C@@H]12. The lowest BCUT2D eigenvalue weighted by Gasteiger charge is -2.48. The Morgan fingerprint density at radius 1 is 0.580 bits per heavy atom. The van der Waals surface area contributed by atoms with E-state index in [0.717, 1.165) is 40.9 Å². The van der Waals surface area contributed by atoms with Crippen LogP contribution in [0.2, 0.25) is 0 Å². The minimum Gasteiger partial charge on any atom is -0.364 e. The summed E-state index contributed by atoms with van der Waals surface area (Å²) >= 11 is 0. The van der Waals surface area contributed by atoms with Gasteiger partial charge in [0.2, 0.25) is 23.6 Å².